The Hall–Kier alpha value is -3.12. The molecule has 0 aliphatic carbocycles. The van der Waals surface area contributed by atoms with Crippen LogP contribution in [-0.2, 0) is 9.53 Å². The molecule has 0 fully saturated rings. The molecule has 3 rings (SSSR count). The summed E-state index contributed by atoms with van der Waals surface area (Å²) in [6.45, 7) is 3.58. The number of rotatable bonds is 6. The topological polar surface area (TPSA) is 66.2 Å². The average Bonchev–Trinajstić information content (AvgIpc) is 3.11. The molecule has 0 spiro atoms. The zero-order valence-electron chi connectivity index (χ0n) is 14.9. The van der Waals surface area contributed by atoms with Crippen molar-refractivity contribution in [3.63, 3.8) is 0 Å². The van der Waals surface area contributed by atoms with E-state index in [9.17, 15) is 4.79 Å². The first-order valence-electron chi connectivity index (χ1n) is 8.33. The second kappa shape index (κ2) is 8.51. The summed E-state index contributed by atoms with van der Waals surface area (Å²) >= 11 is 5.87. The van der Waals surface area contributed by atoms with Crippen molar-refractivity contribution in [2.75, 3.05) is 0 Å². The lowest BCUT2D eigenvalue weighted by atomic mass is 10.2. The maximum atomic E-state index is 11.5. The largest absolute Gasteiger partial charge is 0.460 e. The van der Waals surface area contributed by atoms with Crippen LogP contribution in [0.4, 0.5) is 0 Å². The standard InChI is InChI=1S/C20H18ClN3O3/c1-14(2)26-19(25)11-12-24-13-22-20(23-24)15-3-7-17(8-4-15)27-18-9-5-16(21)6-10-18/h3-14H,1-2H3. The molecule has 0 unspecified atom stereocenters. The summed E-state index contributed by atoms with van der Waals surface area (Å²) in [4.78, 5) is 15.8. The van der Waals surface area contributed by atoms with E-state index in [0.29, 0.717) is 22.3 Å². The Morgan fingerprint density at radius 1 is 1.07 bits per heavy atom. The maximum Gasteiger partial charge on any atom is 0.332 e. The highest BCUT2D eigenvalue weighted by Crippen LogP contribution is 2.25. The Bertz CT molecular complexity index is 932. The van der Waals surface area contributed by atoms with Crippen LogP contribution in [-0.4, -0.2) is 26.8 Å². The summed E-state index contributed by atoms with van der Waals surface area (Å²) in [7, 11) is 0. The summed E-state index contributed by atoms with van der Waals surface area (Å²) in [6.07, 6.45) is 4.16. The molecule has 3 aromatic rings. The number of benzene rings is 2. The van der Waals surface area contributed by atoms with Gasteiger partial charge in [0.1, 0.15) is 17.8 Å². The smallest absolute Gasteiger partial charge is 0.332 e. The van der Waals surface area contributed by atoms with Gasteiger partial charge in [0.15, 0.2) is 5.82 Å². The molecule has 0 aliphatic heterocycles. The van der Waals surface area contributed by atoms with Crippen LogP contribution < -0.4 is 4.74 Å². The number of halogens is 1. The molecule has 1 heterocycles. The molecular formula is C20H18ClN3O3. The highest BCUT2D eigenvalue weighted by molar-refractivity contribution is 6.30. The van der Waals surface area contributed by atoms with Crippen molar-refractivity contribution in [3.8, 4) is 22.9 Å². The number of nitrogens with zero attached hydrogens (tertiary/aromatic N) is 3. The van der Waals surface area contributed by atoms with Crippen molar-refractivity contribution in [2.24, 2.45) is 0 Å². The Kier molecular flexibility index (Phi) is 5.88. The Labute approximate surface area is 162 Å². The lowest BCUT2D eigenvalue weighted by Gasteiger charge is -2.06. The summed E-state index contributed by atoms with van der Waals surface area (Å²) < 4.78 is 12.2. The van der Waals surface area contributed by atoms with Crippen molar-refractivity contribution in [2.45, 2.75) is 20.0 Å². The number of aromatic nitrogens is 3. The molecule has 1 aromatic heterocycles. The van der Waals surface area contributed by atoms with Gasteiger partial charge in [-0.25, -0.2) is 14.5 Å². The molecule has 0 amide bonds. The molecular weight excluding hydrogens is 366 g/mol. The van der Waals surface area contributed by atoms with Gasteiger partial charge >= 0.3 is 5.97 Å². The van der Waals surface area contributed by atoms with E-state index < -0.39 is 5.97 Å². The monoisotopic (exact) mass is 383 g/mol. The maximum absolute atomic E-state index is 11.5. The zero-order valence-corrected chi connectivity index (χ0v) is 15.6. The minimum atomic E-state index is -0.425. The van der Waals surface area contributed by atoms with Crippen LogP contribution in [0.2, 0.25) is 5.02 Å². The van der Waals surface area contributed by atoms with E-state index in [2.05, 4.69) is 10.1 Å². The van der Waals surface area contributed by atoms with Gasteiger partial charge < -0.3 is 9.47 Å². The third-order valence-corrected chi connectivity index (χ3v) is 3.64. The molecule has 0 bridgehead atoms. The van der Waals surface area contributed by atoms with Crippen LogP contribution in [0.15, 0.2) is 60.9 Å². The molecule has 0 saturated heterocycles. The second-order valence-corrected chi connectivity index (χ2v) is 6.37. The lowest BCUT2D eigenvalue weighted by Crippen LogP contribution is -2.08. The second-order valence-electron chi connectivity index (χ2n) is 5.93. The Morgan fingerprint density at radius 3 is 2.33 bits per heavy atom. The fourth-order valence-corrected chi connectivity index (χ4v) is 2.32. The van der Waals surface area contributed by atoms with E-state index >= 15 is 0 Å². The fourth-order valence-electron chi connectivity index (χ4n) is 2.20. The van der Waals surface area contributed by atoms with Gasteiger partial charge in [0, 0.05) is 22.9 Å². The van der Waals surface area contributed by atoms with E-state index in [1.54, 1.807) is 38.1 Å². The summed E-state index contributed by atoms with van der Waals surface area (Å²) in [5, 5.41) is 4.97. The third kappa shape index (κ3) is 5.43. The van der Waals surface area contributed by atoms with E-state index in [1.165, 1.54) is 23.3 Å². The van der Waals surface area contributed by atoms with Crippen LogP contribution >= 0.6 is 11.6 Å². The molecule has 138 valence electrons. The normalized spacial score (nSPS) is 11.1. The predicted octanol–water partition coefficient (Wildman–Crippen LogP) is 4.81. The molecule has 27 heavy (non-hydrogen) atoms. The number of carbonyl (C=O) groups is 1. The Balaban J connectivity index is 1.65. The van der Waals surface area contributed by atoms with Gasteiger partial charge in [-0.2, -0.15) is 0 Å². The first kappa shape index (κ1) is 18.7. The number of hydrogen-bond acceptors (Lipinski definition) is 5. The predicted molar refractivity (Wildman–Crippen MR) is 104 cm³/mol. The van der Waals surface area contributed by atoms with Crippen molar-refractivity contribution in [1.82, 2.24) is 14.8 Å². The number of esters is 1. The molecule has 0 aliphatic rings. The molecule has 0 N–H and O–H groups in total. The van der Waals surface area contributed by atoms with E-state index in [4.69, 9.17) is 21.1 Å². The lowest BCUT2D eigenvalue weighted by molar-refractivity contribution is -0.141. The number of hydrogen-bond donors (Lipinski definition) is 0. The molecule has 0 radical (unpaired) electrons. The van der Waals surface area contributed by atoms with Crippen LogP contribution in [0.3, 0.4) is 0 Å². The number of carbonyl (C=O) groups excluding carboxylic acids is 1. The van der Waals surface area contributed by atoms with E-state index in [1.807, 2.05) is 24.3 Å². The molecule has 0 saturated carbocycles. The highest BCUT2D eigenvalue weighted by atomic mass is 35.5. The number of ether oxygens (including phenoxy) is 2. The molecule has 0 atom stereocenters. The van der Waals surface area contributed by atoms with Crippen LogP contribution in [0.5, 0.6) is 11.5 Å². The van der Waals surface area contributed by atoms with Crippen molar-refractivity contribution < 1.29 is 14.3 Å². The minimum absolute atomic E-state index is 0.165. The molecule has 2 aromatic carbocycles. The summed E-state index contributed by atoms with van der Waals surface area (Å²) in [5.41, 5.74) is 0.829. The van der Waals surface area contributed by atoms with Gasteiger partial charge in [-0.3, -0.25) is 0 Å². The van der Waals surface area contributed by atoms with Crippen LogP contribution in [0.1, 0.15) is 13.8 Å². The third-order valence-electron chi connectivity index (χ3n) is 3.39. The van der Waals surface area contributed by atoms with Crippen molar-refractivity contribution in [1.29, 1.82) is 0 Å². The first-order valence-corrected chi connectivity index (χ1v) is 8.71. The van der Waals surface area contributed by atoms with Crippen molar-refractivity contribution >= 4 is 23.8 Å². The van der Waals surface area contributed by atoms with Crippen LogP contribution in [0.25, 0.3) is 17.6 Å². The van der Waals surface area contributed by atoms with Crippen molar-refractivity contribution in [3.05, 3.63) is 66.0 Å². The quantitative estimate of drug-likeness (QED) is 0.451. The SMILES string of the molecule is CC(C)OC(=O)C=Cn1cnc(-c2ccc(Oc3ccc(Cl)cc3)cc2)n1. The molecule has 7 heteroatoms. The summed E-state index contributed by atoms with van der Waals surface area (Å²) in [5.74, 6) is 1.51. The fraction of sp³-hybridized carbons (Fsp3) is 0.150. The first-order chi connectivity index (χ1) is 13.0. The Morgan fingerprint density at radius 2 is 1.70 bits per heavy atom. The van der Waals surface area contributed by atoms with Gasteiger partial charge in [0.2, 0.25) is 0 Å². The molecule has 6 nitrogen and oxygen atoms in total. The van der Waals surface area contributed by atoms with E-state index in [-0.39, 0.29) is 6.10 Å². The minimum Gasteiger partial charge on any atom is -0.460 e. The summed E-state index contributed by atoms with van der Waals surface area (Å²) in [6, 6.07) is 14.5. The van der Waals surface area contributed by atoms with Gasteiger partial charge in [-0.05, 0) is 62.4 Å². The average molecular weight is 384 g/mol. The van der Waals surface area contributed by atoms with Gasteiger partial charge in [-0.1, -0.05) is 11.6 Å². The van der Waals surface area contributed by atoms with Crippen LogP contribution in [0, 0.1) is 0 Å². The zero-order chi connectivity index (χ0) is 19.2. The van der Waals surface area contributed by atoms with Gasteiger partial charge in [0.25, 0.3) is 0 Å². The highest BCUT2D eigenvalue weighted by Gasteiger charge is 2.05. The van der Waals surface area contributed by atoms with E-state index in [0.717, 1.165) is 5.56 Å². The van der Waals surface area contributed by atoms with Gasteiger partial charge in [0.05, 0.1) is 6.10 Å². The van der Waals surface area contributed by atoms with Gasteiger partial charge in [-0.15, -0.1) is 5.10 Å².